The quantitative estimate of drug-likeness (QED) is 0.767. The molecule has 0 saturated carbocycles. The molecule has 0 aliphatic rings. The Labute approximate surface area is 130 Å². The molecule has 0 saturated heterocycles. The van der Waals surface area contributed by atoms with E-state index in [0.717, 1.165) is 5.56 Å². The maximum atomic E-state index is 12.0. The van der Waals surface area contributed by atoms with E-state index in [4.69, 9.17) is 5.73 Å². The molecular formula is C14H16N2O4S2. The molecule has 22 heavy (non-hydrogen) atoms. The highest BCUT2D eigenvalue weighted by Gasteiger charge is 2.22. The predicted molar refractivity (Wildman–Crippen MR) is 85.1 cm³/mol. The van der Waals surface area contributed by atoms with Crippen molar-refractivity contribution in [3.63, 3.8) is 0 Å². The van der Waals surface area contributed by atoms with Crippen LogP contribution in [0.2, 0.25) is 0 Å². The van der Waals surface area contributed by atoms with Crippen LogP contribution in [-0.4, -0.2) is 22.6 Å². The molecule has 0 aliphatic carbocycles. The lowest BCUT2D eigenvalue weighted by atomic mass is 10.1. The van der Waals surface area contributed by atoms with E-state index in [0.29, 0.717) is 5.69 Å². The van der Waals surface area contributed by atoms with Crippen LogP contribution in [0.3, 0.4) is 0 Å². The number of anilines is 1. The highest BCUT2D eigenvalue weighted by atomic mass is 32.3. The first-order valence-corrected chi connectivity index (χ1v) is 9.58. The number of hydrogen-bond donors (Lipinski definition) is 2. The van der Waals surface area contributed by atoms with Crippen molar-refractivity contribution in [3.8, 4) is 0 Å². The summed E-state index contributed by atoms with van der Waals surface area (Å²) >= 11 is 0. The van der Waals surface area contributed by atoms with Gasteiger partial charge < -0.3 is 5.73 Å². The van der Waals surface area contributed by atoms with E-state index in [1.54, 1.807) is 34.5 Å². The van der Waals surface area contributed by atoms with E-state index >= 15 is 0 Å². The van der Waals surface area contributed by atoms with Crippen LogP contribution in [0.4, 0.5) is 5.69 Å². The summed E-state index contributed by atoms with van der Waals surface area (Å²) in [5, 5.41) is 0. The van der Waals surface area contributed by atoms with E-state index in [1.807, 2.05) is 0 Å². The van der Waals surface area contributed by atoms with Crippen LogP contribution in [-0.2, 0) is 26.5 Å². The Morgan fingerprint density at radius 3 is 2.23 bits per heavy atom. The van der Waals surface area contributed by atoms with Gasteiger partial charge in [0.1, 0.15) is 0 Å². The van der Waals surface area contributed by atoms with Gasteiger partial charge in [-0.3, -0.25) is 0 Å². The van der Waals surface area contributed by atoms with Crippen molar-refractivity contribution >= 4 is 25.7 Å². The summed E-state index contributed by atoms with van der Waals surface area (Å²) in [7, 11) is -8.07. The molecule has 0 fully saturated rings. The van der Waals surface area contributed by atoms with Gasteiger partial charge in [-0.05, 0) is 36.2 Å². The minimum Gasteiger partial charge on any atom is -0.399 e. The number of nitrogens with two attached hydrogens (primary N) is 1. The lowest BCUT2D eigenvalue weighted by Crippen LogP contribution is -2.33. The van der Waals surface area contributed by atoms with E-state index in [9.17, 15) is 16.8 Å². The third kappa shape index (κ3) is 4.55. The molecule has 2 aromatic carbocycles. The van der Waals surface area contributed by atoms with Crippen LogP contribution in [0.1, 0.15) is 5.56 Å². The number of benzene rings is 2. The summed E-state index contributed by atoms with van der Waals surface area (Å²) in [6, 6.07) is 14.1. The standard InChI is InChI=1S/C14H16N2O4S2/c15-13-6-4-5-12(11-13)9-10-21(17,18)16-22(19,20)14-7-2-1-3-8-14/h1-8,11,16H,9-10,15H2. The summed E-state index contributed by atoms with van der Waals surface area (Å²) in [5.41, 5.74) is 6.87. The molecule has 0 amide bonds. The van der Waals surface area contributed by atoms with Gasteiger partial charge in [-0.15, -0.1) is 4.13 Å². The Balaban J connectivity index is 2.08. The number of aryl methyl sites for hydroxylation is 1. The maximum absolute atomic E-state index is 12.0. The van der Waals surface area contributed by atoms with Gasteiger partial charge in [-0.25, -0.2) is 16.8 Å². The zero-order valence-electron chi connectivity index (χ0n) is 11.6. The smallest absolute Gasteiger partial charge is 0.253 e. The van der Waals surface area contributed by atoms with E-state index < -0.39 is 20.0 Å². The number of rotatable bonds is 6. The van der Waals surface area contributed by atoms with Crippen LogP contribution in [0.25, 0.3) is 0 Å². The Morgan fingerprint density at radius 1 is 0.909 bits per heavy atom. The van der Waals surface area contributed by atoms with Crippen LogP contribution < -0.4 is 9.86 Å². The molecule has 0 unspecified atom stereocenters. The molecule has 0 spiro atoms. The fourth-order valence-electron chi connectivity index (χ4n) is 1.86. The molecule has 2 rings (SSSR count). The normalized spacial score (nSPS) is 12.2. The van der Waals surface area contributed by atoms with Crippen LogP contribution >= 0.6 is 0 Å². The van der Waals surface area contributed by atoms with Crippen molar-refractivity contribution in [2.24, 2.45) is 0 Å². The van der Waals surface area contributed by atoms with E-state index in [2.05, 4.69) is 0 Å². The topological polar surface area (TPSA) is 106 Å². The number of nitrogens with one attached hydrogen (secondary N) is 1. The number of hydrogen-bond acceptors (Lipinski definition) is 5. The van der Waals surface area contributed by atoms with Crippen molar-refractivity contribution in [3.05, 3.63) is 60.2 Å². The molecule has 3 N–H and O–H groups in total. The highest BCUT2D eigenvalue weighted by Crippen LogP contribution is 2.11. The third-order valence-corrected chi connectivity index (χ3v) is 6.43. The fourth-order valence-corrected chi connectivity index (χ4v) is 4.93. The summed E-state index contributed by atoms with van der Waals surface area (Å²) in [4.78, 5) is -0.0949. The predicted octanol–water partition coefficient (Wildman–Crippen LogP) is 1.12. The molecule has 0 bridgehead atoms. The van der Waals surface area contributed by atoms with Crippen molar-refractivity contribution < 1.29 is 16.8 Å². The minimum atomic E-state index is -4.09. The lowest BCUT2D eigenvalue weighted by molar-refractivity contribution is 0.576. The third-order valence-electron chi connectivity index (χ3n) is 2.90. The van der Waals surface area contributed by atoms with E-state index in [-0.39, 0.29) is 17.1 Å². The summed E-state index contributed by atoms with van der Waals surface area (Å²) < 4.78 is 49.7. The molecule has 0 radical (unpaired) electrons. The molecular weight excluding hydrogens is 324 g/mol. The SMILES string of the molecule is Nc1cccc(CCS(=O)(=O)NS(=O)(=O)c2ccccc2)c1. The van der Waals surface area contributed by atoms with Gasteiger partial charge in [0.2, 0.25) is 10.0 Å². The zero-order valence-corrected chi connectivity index (χ0v) is 13.3. The first-order chi connectivity index (χ1) is 10.3. The van der Waals surface area contributed by atoms with Gasteiger partial charge in [0, 0.05) is 5.69 Å². The van der Waals surface area contributed by atoms with Gasteiger partial charge in [-0.2, -0.15) is 0 Å². The van der Waals surface area contributed by atoms with Gasteiger partial charge in [-0.1, -0.05) is 30.3 Å². The highest BCUT2D eigenvalue weighted by molar-refractivity contribution is 8.04. The Kier molecular flexibility index (Phi) is 4.84. The van der Waals surface area contributed by atoms with Crippen LogP contribution in [0.5, 0.6) is 0 Å². The van der Waals surface area contributed by atoms with Gasteiger partial charge in [0.25, 0.3) is 10.0 Å². The monoisotopic (exact) mass is 340 g/mol. The molecule has 118 valence electrons. The van der Waals surface area contributed by atoms with Gasteiger partial charge >= 0.3 is 0 Å². The summed E-state index contributed by atoms with van der Waals surface area (Å²) in [5.74, 6) is -0.345. The molecule has 0 aromatic heterocycles. The van der Waals surface area contributed by atoms with E-state index in [1.165, 1.54) is 24.3 Å². The van der Waals surface area contributed by atoms with Crippen molar-refractivity contribution in [2.75, 3.05) is 11.5 Å². The molecule has 0 aliphatic heterocycles. The second-order valence-corrected chi connectivity index (χ2v) is 8.50. The number of sulfonamides is 2. The zero-order chi connectivity index (χ0) is 16.2. The molecule has 0 atom stereocenters. The molecule has 8 heteroatoms. The Bertz CT molecular complexity index is 847. The van der Waals surface area contributed by atoms with Crippen LogP contribution in [0.15, 0.2) is 59.5 Å². The molecule has 2 aromatic rings. The average molecular weight is 340 g/mol. The first-order valence-electron chi connectivity index (χ1n) is 6.44. The summed E-state index contributed by atoms with van der Waals surface area (Å²) in [6.45, 7) is 0. The maximum Gasteiger partial charge on any atom is 0.253 e. The van der Waals surface area contributed by atoms with Crippen molar-refractivity contribution in [1.29, 1.82) is 0 Å². The lowest BCUT2D eigenvalue weighted by Gasteiger charge is -2.08. The summed E-state index contributed by atoms with van der Waals surface area (Å²) in [6.07, 6.45) is 0.171. The van der Waals surface area contributed by atoms with Gasteiger partial charge in [0.15, 0.2) is 0 Å². The second kappa shape index (κ2) is 6.47. The van der Waals surface area contributed by atoms with Crippen molar-refractivity contribution in [2.45, 2.75) is 11.3 Å². The largest absolute Gasteiger partial charge is 0.399 e. The van der Waals surface area contributed by atoms with Crippen LogP contribution in [0, 0.1) is 0 Å². The Hall–Kier alpha value is -1.90. The fraction of sp³-hybridized carbons (Fsp3) is 0.143. The van der Waals surface area contributed by atoms with Crippen molar-refractivity contribution in [1.82, 2.24) is 4.13 Å². The van der Waals surface area contributed by atoms with Gasteiger partial charge in [0.05, 0.1) is 10.6 Å². The molecule has 6 nitrogen and oxygen atoms in total. The Morgan fingerprint density at radius 2 is 1.59 bits per heavy atom. The molecule has 0 heterocycles. The second-order valence-electron chi connectivity index (χ2n) is 4.71. The minimum absolute atomic E-state index is 0.0949. The number of nitrogen functional groups attached to an aromatic ring is 1. The first kappa shape index (κ1) is 16.5. The average Bonchev–Trinajstić information content (AvgIpc) is 2.45.